The number of nitrogens with two attached hydrogens (primary N) is 1. The number of hydrogen-bond donors (Lipinski definition) is 3. The standard InChI is InChI=1S/C14H21N3O4.ClH/c1-16-13(18)7-8-21-11-5-3-10(4-6-11)17-14(19)12(15)9-20-2;/h3-6,12H,7-9,15H2,1-2H3,(H,16,18)(H,17,19);1H. The van der Waals surface area contributed by atoms with Gasteiger partial charge in [-0.1, -0.05) is 0 Å². The summed E-state index contributed by atoms with van der Waals surface area (Å²) in [6, 6.07) is 6.11. The van der Waals surface area contributed by atoms with E-state index in [9.17, 15) is 9.59 Å². The van der Waals surface area contributed by atoms with Crippen LogP contribution in [0.2, 0.25) is 0 Å². The lowest BCUT2D eigenvalue weighted by Crippen LogP contribution is -2.39. The van der Waals surface area contributed by atoms with E-state index < -0.39 is 6.04 Å². The van der Waals surface area contributed by atoms with Crippen molar-refractivity contribution in [2.75, 3.05) is 32.7 Å². The van der Waals surface area contributed by atoms with Crippen LogP contribution in [0.3, 0.4) is 0 Å². The Hall–Kier alpha value is -1.83. The molecule has 7 nitrogen and oxygen atoms in total. The van der Waals surface area contributed by atoms with Crippen LogP contribution in [0.25, 0.3) is 0 Å². The number of ether oxygens (including phenoxy) is 2. The zero-order chi connectivity index (χ0) is 15.7. The van der Waals surface area contributed by atoms with Crippen molar-refractivity contribution in [3.8, 4) is 5.75 Å². The summed E-state index contributed by atoms with van der Waals surface area (Å²) in [4.78, 5) is 22.7. The lowest BCUT2D eigenvalue weighted by molar-refractivity contribution is -0.121. The number of anilines is 1. The first kappa shape index (κ1) is 20.2. The van der Waals surface area contributed by atoms with Crippen molar-refractivity contribution in [2.45, 2.75) is 12.5 Å². The number of nitrogens with one attached hydrogen (secondary N) is 2. The van der Waals surface area contributed by atoms with E-state index in [1.54, 1.807) is 31.3 Å². The molecule has 0 radical (unpaired) electrons. The van der Waals surface area contributed by atoms with Crippen molar-refractivity contribution >= 4 is 29.9 Å². The topological polar surface area (TPSA) is 103 Å². The van der Waals surface area contributed by atoms with Crippen molar-refractivity contribution in [1.82, 2.24) is 5.32 Å². The Balaban J connectivity index is 0.00000441. The van der Waals surface area contributed by atoms with Gasteiger partial charge in [0, 0.05) is 19.8 Å². The zero-order valence-electron chi connectivity index (χ0n) is 12.6. The van der Waals surface area contributed by atoms with E-state index >= 15 is 0 Å². The van der Waals surface area contributed by atoms with Gasteiger partial charge in [-0.25, -0.2) is 0 Å². The average Bonchev–Trinajstić information content (AvgIpc) is 2.49. The highest BCUT2D eigenvalue weighted by atomic mass is 35.5. The molecule has 1 atom stereocenters. The van der Waals surface area contributed by atoms with E-state index in [0.717, 1.165) is 0 Å². The van der Waals surface area contributed by atoms with Crippen molar-refractivity contribution in [3.63, 3.8) is 0 Å². The van der Waals surface area contributed by atoms with Crippen LogP contribution in [0.5, 0.6) is 5.75 Å². The third-order valence-corrected chi connectivity index (χ3v) is 2.68. The summed E-state index contributed by atoms with van der Waals surface area (Å²) in [7, 11) is 3.06. The number of rotatable bonds is 8. The number of amides is 2. The van der Waals surface area contributed by atoms with E-state index in [-0.39, 0.29) is 30.8 Å². The molecule has 0 saturated heterocycles. The summed E-state index contributed by atoms with van der Waals surface area (Å²) in [5, 5.41) is 5.19. The Kier molecular flexibility index (Phi) is 9.93. The predicted molar refractivity (Wildman–Crippen MR) is 86.3 cm³/mol. The molecule has 4 N–H and O–H groups in total. The van der Waals surface area contributed by atoms with Gasteiger partial charge >= 0.3 is 0 Å². The highest BCUT2D eigenvalue weighted by Gasteiger charge is 2.12. The molecule has 0 fully saturated rings. The van der Waals surface area contributed by atoms with Crippen LogP contribution in [0.4, 0.5) is 5.69 Å². The quantitative estimate of drug-likeness (QED) is 0.645. The second-order valence-electron chi connectivity index (χ2n) is 4.35. The maximum Gasteiger partial charge on any atom is 0.243 e. The molecule has 1 rings (SSSR count). The van der Waals surface area contributed by atoms with Crippen LogP contribution in [0.15, 0.2) is 24.3 Å². The number of carbonyl (C=O) groups is 2. The van der Waals surface area contributed by atoms with Gasteiger partial charge in [0.1, 0.15) is 11.8 Å². The molecule has 2 amide bonds. The highest BCUT2D eigenvalue weighted by Crippen LogP contribution is 2.16. The van der Waals surface area contributed by atoms with Crippen molar-refractivity contribution < 1.29 is 19.1 Å². The van der Waals surface area contributed by atoms with Gasteiger partial charge in [-0.15, -0.1) is 12.4 Å². The molecular formula is C14H22ClN3O4. The molecule has 0 spiro atoms. The van der Waals surface area contributed by atoms with Crippen LogP contribution in [0.1, 0.15) is 6.42 Å². The predicted octanol–water partition coefficient (Wildman–Crippen LogP) is 0.536. The van der Waals surface area contributed by atoms with Gasteiger partial charge in [0.05, 0.1) is 19.6 Å². The van der Waals surface area contributed by atoms with Gasteiger partial charge in [-0.2, -0.15) is 0 Å². The van der Waals surface area contributed by atoms with Gasteiger partial charge in [0.2, 0.25) is 11.8 Å². The Morgan fingerprint density at radius 3 is 2.45 bits per heavy atom. The molecule has 0 aliphatic carbocycles. The normalized spacial score (nSPS) is 11.0. The van der Waals surface area contributed by atoms with Gasteiger partial charge in [0.15, 0.2) is 0 Å². The Morgan fingerprint density at radius 1 is 1.27 bits per heavy atom. The molecule has 0 aliphatic heterocycles. The molecule has 0 aromatic heterocycles. The summed E-state index contributed by atoms with van der Waals surface area (Å²) in [6.07, 6.45) is 0.293. The molecule has 8 heteroatoms. The van der Waals surface area contributed by atoms with E-state index in [2.05, 4.69) is 10.6 Å². The third kappa shape index (κ3) is 7.26. The molecule has 0 saturated carbocycles. The number of hydrogen-bond acceptors (Lipinski definition) is 5. The maximum atomic E-state index is 11.7. The first-order chi connectivity index (χ1) is 10.1. The molecule has 0 heterocycles. The fourth-order valence-electron chi connectivity index (χ4n) is 1.51. The summed E-state index contributed by atoms with van der Waals surface area (Å²) in [6.45, 7) is 0.455. The zero-order valence-corrected chi connectivity index (χ0v) is 13.4. The third-order valence-electron chi connectivity index (χ3n) is 2.68. The molecule has 1 aromatic rings. The molecule has 22 heavy (non-hydrogen) atoms. The number of carbonyl (C=O) groups excluding carboxylic acids is 2. The number of benzene rings is 1. The molecule has 1 unspecified atom stereocenters. The Bertz CT molecular complexity index is 468. The highest BCUT2D eigenvalue weighted by molar-refractivity contribution is 5.94. The molecule has 1 aromatic carbocycles. The smallest absolute Gasteiger partial charge is 0.243 e. The first-order valence-electron chi connectivity index (χ1n) is 6.55. The van der Waals surface area contributed by atoms with Crippen molar-refractivity contribution in [1.29, 1.82) is 0 Å². The Morgan fingerprint density at radius 2 is 1.91 bits per heavy atom. The fourth-order valence-corrected chi connectivity index (χ4v) is 1.51. The van der Waals surface area contributed by atoms with Crippen LogP contribution in [0, 0.1) is 0 Å². The lowest BCUT2D eigenvalue weighted by Gasteiger charge is -2.12. The number of halogens is 1. The average molecular weight is 332 g/mol. The van der Waals surface area contributed by atoms with E-state index in [4.69, 9.17) is 15.2 Å². The van der Waals surface area contributed by atoms with Gasteiger partial charge in [0.25, 0.3) is 0 Å². The van der Waals surface area contributed by atoms with Crippen LogP contribution in [-0.2, 0) is 14.3 Å². The maximum absolute atomic E-state index is 11.7. The monoisotopic (exact) mass is 331 g/mol. The van der Waals surface area contributed by atoms with Gasteiger partial charge in [-0.05, 0) is 24.3 Å². The molecular weight excluding hydrogens is 310 g/mol. The Labute approximate surface area is 135 Å². The molecule has 0 bridgehead atoms. The van der Waals surface area contributed by atoms with E-state index in [1.807, 2.05) is 0 Å². The number of methoxy groups -OCH3 is 1. The second-order valence-corrected chi connectivity index (χ2v) is 4.35. The lowest BCUT2D eigenvalue weighted by atomic mass is 10.2. The minimum absolute atomic E-state index is 0. The van der Waals surface area contributed by atoms with E-state index in [0.29, 0.717) is 24.5 Å². The second kappa shape index (κ2) is 10.8. The van der Waals surface area contributed by atoms with Crippen molar-refractivity contribution in [2.24, 2.45) is 5.73 Å². The molecule has 0 aliphatic rings. The summed E-state index contributed by atoms with van der Waals surface area (Å²) in [5.41, 5.74) is 6.23. The van der Waals surface area contributed by atoms with Crippen LogP contribution >= 0.6 is 12.4 Å². The summed E-state index contributed by atoms with van der Waals surface area (Å²) >= 11 is 0. The largest absolute Gasteiger partial charge is 0.493 e. The fraction of sp³-hybridized carbons (Fsp3) is 0.429. The van der Waals surface area contributed by atoms with Gasteiger partial charge in [-0.3, -0.25) is 9.59 Å². The van der Waals surface area contributed by atoms with Crippen LogP contribution < -0.4 is 21.1 Å². The minimum Gasteiger partial charge on any atom is -0.493 e. The van der Waals surface area contributed by atoms with Crippen LogP contribution in [-0.4, -0.2) is 45.2 Å². The summed E-state index contributed by atoms with van der Waals surface area (Å²) < 4.78 is 10.2. The van der Waals surface area contributed by atoms with E-state index in [1.165, 1.54) is 7.11 Å². The van der Waals surface area contributed by atoms with Gasteiger partial charge < -0.3 is 25.8 Å². The summed E-state index contributed by atoms with van der Waals surface area (Å²) in [5.74, 6) is 0.231. The first-order valence-corrected chi connectivity index (χ1v) is 6.55. The van der Waals surface area contributed by atoms with Crippen molar-refractivity contribution in [3.05, 3.63) is 24.3 Å². The SMILES string of the molecule is CNC(=O)CCOc1ccc(NC(=O)C(N)COC)cc1.Cl. The molecule has 124 valence electrons. The minimum atomic E-state index is -0.710.